The first-order valence-electron chi connectivity index (χ1n) is 8.63. The predicted molar refractivity (Wildman–Crippen MR) is 92.0 cm³/mol. The van der Waals surface area contributed by atoms with Crippen molar-refractivity contribution in [3.8, 4) is 0 Å². The molecule has 21 heavy (non-hydrogen) atoms. The van der Waals surface area contributed by atoms with Gasteiger partial charge in [0.1, 0.15) is 0 Å². The molecule has 2 aliphatic carbocycles. The minimum atomic E-state index is 0.543. The average Bonchev–Trinajstić information content (AvgIpc) is 2.96. The number of nitrogens with zero attached hydrogens (tertiary/aromatic N) is 1. The highest BCUT2D eigenvalue weighted by atomic mass is 32.1. The molecule has 2 aliphatic rings. The zero-order valence-electron chi connectivity index (χ0n) is 13.6. The Labute approximate surface area is 133 Å². The lowest BCUT2D eigenvalue weighted by atomic mass is 9.85. The van der Waals surface area contributed by atoms with Gasteiger partial charge in [0, 0.05) is 30.1 Å². The SMILES string of the molecule is CC(Cc1cccs1)N(C)CC1(CNC2CC2)CCCC1. The Balaban J connectivity index is 1.53. The monoisotopic (exact) mass is 306 g/mol. The smallest absolute Gasteiger partial charge is 0.0112 e. The quantitative estimate of drug-likeness (QED) is 0.783. The van der Waals surface area contributed by atoms with Crippen molar-refractivity contribution in [2.45, 2.75) is 64.0 Å². The molecule has 1 atom stereocenters. The molecule has 0 radical (unpaired) electrons. The van der Waals surface area contributed by atoms with Gasteiger partial charge in [-0.25, -0.2) is 0 Å². The second-order valence-electron chi connectivity index (χ2n) is 7.41. The minimum absolute atomic E-state index is 0.543. The first kappa shape index (κ1) is 15.5. The van der Waals surface area contributed by atoms with Crippen LogP contribution in [0, 0.1) is 5.41 Å². The van der Waals surface area contributed by atoms with Crippen LogP contribution in [0.5, 0.6) is 0 Å². The van der Waals surface area contributed by atoms with Gasteiger partial charge in [-0.3, -0.25) is 0 Å². The molecule has 0 amide bonds. The fraction of sp³-hybridized carbons (Fsp3) is 0.778. The van der Waals surface area contributed by atoms with E-state index in [0.717, 1.165) is 6.04 Å². The van der Waals surface area contributed by atoms with E-state index >= 15 is 0 Å². The largest absolute Gasteiger partial charge is 0.313 e. The Morgan fingerprint density at radius 3 is 2.76 bits per heavy atom. The summed E-state index contributed by atoms with van der Waals surface area (Å²) in [7, 11) is 2.33. The fourth-order valence-electron chi connectivity index (χ4n) is 3.72. The Morgan fingerprint density at radius 2 is 2.14 bits per heavy atom. The van der Waals surface area contributed by atoms with E-state index in [1.165, 1.54) is 62.9 Å². The standard InChI is InChI=1S/C18H30N2S/c1-15(12-17-6-5-11-21-17)20(2)14-18(9-3-4-10-18)13-19-16-7-8-16/h5-6,11,15-16,19H,3-4,7-10,12-14H2,1-2H3. The molecule has 1 aromatic rings. The molecule has 2 saturated carbocycles. The Morgan fingerprint density at radius 1 is 1.38 bits per heavy atom. The molecule has 118 valence electrons. The number of rotatable bonds is 8. The molecule has 0 aliphatic heterocycles. The van der Waals surface area contributed by atoms with Gasteiger partial charge in [-0.2, -0.15) is 0 Å². The molecular weight excluding hydrogens is 276 g/mol. The summed E-state index contributed by atoms with van der Waals surface area (Å²) in [6.07, 6.45) is 9.70. The van der Waals surface area contributed by atoms with Gasteiger partial charge in [-0.05, 0) is 62.9 Å². The van der Waals surface area contributed by atoms with Crippen LogP contribution in [-0.2, 0) is 6.42 Å². The van der Waals surface area contributed by atoms with E-state index in [1.807, 2.05) is 11.3 Å². The topological polar surface area (TPSA) is 15.3 Å². The number of hydrogen-bond acceptors (Lipinski definition) is 3. The van der Waals surface area contributed by atoms with E-state index in [2.05, 4.69) is 41.7 Å². The van der Waals surface area contributed by atoms with Crippen LogP contribution >= 0.6 is 11.3 Å². The molecule has 0 bridgehead atoms. The van der Waals surface area contributed by atoms with E-state index < -0.39 is 0 Å². The summed E-state index contributed by atoms with van der Waals surface area (Å²) in [6, 6.07) is 5.93. The molecule has 3 rings (SSSR count). The van der Waals surface area contributed by atoms with Gasteiger partial charge in [0.2, 0.25) is 0 Å². The first-order valence-corrected chi connectivity index (χ1v) is 9.51. The second kappa shape index (κ2) is 6.80. The Bertz CT molecular complexity index is 418. The maximum atomic E-state index is 3.80. The maximum absolute atomic E-state index is 3.80. The summed E-state index contributed by atoms with van der Waals surface area (Å²) in [5.74, 6) is 0. The molecule has 3 heteroatoms. The van der Waals surface area contributed by atoms with Gasteiger partial charge in [0.15, 0.2) is 0 Å². The van der Waals surface area contributed by atoms with Crippen LogP contribution in [0.25, 0.3) is 0 Å². The maximum Gasteiger partial charge on any atom is 0.0112 e. The molecule has 2 fully saturated rings. The zero-order chi connectivity index (χ0) is 14.7. The summed E-state index contributed by atoms with van der Waals surface area (Å²) in [4.78, 5) is 4.13. The van der Waals surface area contributed by atoms with Crippen molar-refractivity contribution >= 4 is 11.3 Å². The predicted octanol–water partition coefficient (Wildman–Crippen LogP) is 3.92. The van der Waals surface area contributed by atoms with Crippen LogP contribution in [0.4, 0.5) is 0 Å². The van der Waals surface area contributed by atoms with E-state index in [-0.39, 0.29) is 0 Å². The van der Waals surface area contributed by atoms with E-state index in [9.17, 15) is 0 Å². The molecule has 0 aromatic carbocycles. The molecule has 0 saturated heterocycles. The molecule has 2 nitrogen and oxygen atoms in total. The Kier molecular flexibility index (Phi) is 5.03. The normalized spacial score (nSPS) is 22.8. The number of nitrogens with one attached hydrogen (secondary N) is 1. The number of likely N-dealkylation sites (N-methyl/N-ethyl adjacent to an activating group) is 1. The van der Waals surface area contributed by atoms with Crippen LogP contribution in [0.3, 0.4) is 0 Å². The molecule has 0 spiro atoms. The highest BCUT2D eigenvalue weighted by Crippen LogP contribution is 2.39. The summed E-state index contributed by atoms with van der Waals surface area (Å²) in [5, 5.41) is 6.00. The first-order chi connectivity index (χ1) is 10.2. The van der Waals surface area contributed by atoms with Gasteiger partial charge in [0.25, 0.3) is 0 Å². The van der Waals surface area contributed by atoms with E-state index in [1.54, 1.807) is 0 Å². The fourth-order valence-corrected chi connectivity index (χ4v) is 4.55. The highest BCUT2D eigenvalue weighted by molar-refractivity contribution is 7.09. The molecule has 1 unspecified atom stereocenters. The lowest BCUT2D eigenvalue weighted by Crippen LogP contribution is -2.45. The van der Waals surface area contributed by atoms with Crippen molar-refractivity contribution in [3.05, 3.63) is 22.4 Å². The van der Waals surface area contributed by atoms with Crippen molar-refractivity contribution in [2.75, 3.05) is 20.1 Å². The van der Waals surface area contributed by atoms with E-state index in [0.29, 0.717) is 11.5 Å². The van der Waals surface area contributed by atoms with Gasteiger partial charge in [0.05, 0.1) is 0 Å². The van der Waals surface area contributed by atoms with Crippen molar-refractivity contribution in [3.63, 3.8) is 0 Å². The third-order valence-corrected chi connectivity index (χ3v) is 6.32. The van der Waals surface area contributed by atoms with Gasteiger partial charge in [-0.1, -0.05) is 18.9 Å². The van der Waals surface area contributed by atoms with Crippen LogP contribution in [0.15, 0.2) is 17.5 Å². The molecule has 1 heterocycles. The van der Waals surface area contributed by atoms with Crippen molar-refractivity contribution in [1.29, 1.82) is 0 Å². The summed E-state index contributed by atoms with van der Waals surface area (Å²) in [5.41, 5.74) is 0.543. The molecular formula is C18H30N2S. The van der Waals surface area contributed by atoms with Crippen molar-refractivity contribution < 1.29 is 0 Å². The zero-order valence-corrected chi connectivity index (χ0v) is 14.4. The summed E-state index contributed by atoms with van der Waals surface area (Å²) < 4.78 is 0. The third kappa shape index (κ3) is 4.30. The van der Waals surface area contributed by atoms with Gasteiger partial charge >= 0.3 is 0 Å². The van der Waals surface area contributed by atoms with Crippen LogP contribution in [-0.4, -0.2) is 37.1 Å². The van der Waals surface area contributed by atoms with Crippen molar-refractivity contribution in [1.82, 2.24) is 10.2 Å². The highest BCUT2D eigenvalue weighted by Gasteiger charge is 2.37. The van der Waals surface area contributed by atoms with Crippen LogP contribution < -0.4 is 5.32 Å². The summed E-state index contributed by atoms with van der Waals surface area (Å²) >= 11 is 1.89. The van der Waals surface area contributed by atoms with Crippen molar-refractivity contribution in [2.24, 2.45) is 5.41 Å². The van der Waals surface area contributed by atoms with Crippen LogP contribution in [0.2, 0.25) is 0 Å². The minimum Gasteiger partial charge on any atom is -0.313 e. The van der Waals surface area contributed by atoms with Gasteiger partial charge in [-0.15, -0.1) is 11.3 Å². The van der Waals surface area contributed by atoms with Gasteiger partial charge < -0.3 is 10.2 Å². The summed E-state index contributed by atoms with van der Waals surface area (Å²) in [6.45, 7) is 4.89. The number of thiophene rings is 1. The lowest BCUT2D eigenvalue weighted by Gasteiger charge is -2.36. The van der Waals surface area contributed by atoms with E-state index in [4.69, 9.17) is 0 Å². The molecule has 1 N–H and O–H groups in total. The third-order valence-electron chi connectivity index (χ3n) is 5.42. The second-order valence-corrected chi connectivity index (χ2v) is 8.44. The molecule has 1 aromatic heterocycles. The lowest BCUT2D eigenvalue weighted by molar-refractivity contribution is 0.140. The number of hydrogen-bond donors (Lipinski definition) is 1. The average molecular weight is 307 g/mol. The van der Waals surface area contributed by atoms with Crippen LogP contribution in [0.1, 0.15) is 50.3 Å². The Hall–Kier alpha value is -0.380.